The number of imidazole rings is 3. The number of hydrogen-bond acceptors (Lipinski definition) is 3. The molecular formula is C12H18BN6S3+. The Labute approximate surface area is 145 Å². The van der Waals surface area contributed by atoms with Crippen LogP contribution in [0.25, 0.3) is 0 Å². The lowest BCUT2D eigenvalue weighted by Crippen LogP contribution is -2.74. The molecule has 10 heteroatoms. The van der Waals surface area contributed by atoms with Crippen molar-refractivity contribution in [2.75, 3.05) is 0 Å². The van der Waals surface area contributed by atoms with Crippen LogP contribution in [-0.2, 0) is 21.1 Å². The van der Waals surface area contributed by atoms with E-state index in [9.17, 15) is 0 Å². The van der Waals surface area contributed by atoms with Crippen LogP contribution in [0.1, 0.15) is 0 Å². The van der Waals surface area contributed by atoms with Gasteiger partial charge >= 0.3 is 7.12 Å². The molecule has 116 valence electrons. The van der Waals surface area contributed by atoms with Gasteiger partial charge in [0, 0.05) is 13.2 Å². The minimum atomic E-state index is -1.25. The Bertz CT molecular complexity index is 843. The molecule has 0 amide bonds. The second kappa shape index (κ2) is 5.67. The van der Waals surface area contributed by atoms with Crippen LogP contribution >= 0.6 is 37.5 Å². The average molecular weight is 353 g/mol. The zero-order chi connectivity index (χ0) is 16.0. The molecule has 0 spiro atoms. The van der Waals surface area contributed by atoms with Gasteiger partial charge in [0.25, 0.3) is 10.3 Å². The molecule has 0 N–H and O–H groups in total. The van der Waals surface area contributed by atoms with Crippen LogP contribution in [0.4, 0.5) is 0 Å². The fourth-order valence-corrected chi connectivity index (χ4v) is 3.45. The van der Waals surface area contributed by atoms with E-state index in [-0.39, 0.29) is 0 Å². The third-order valence-electron chi connectivity index (χ3n) is 4.02. The monoisotopic (exact) mass is 353 g/mol. The average Bonchev–Trinajstić information content (AvgIpc) is 3.10. The second-order valence-electron chi connectivity index (χ2n) is 5.44. The van der Waals surface area contributed by atoms with Crippen LogP contribution in [0.15, 0.2) is 47.5 Å². The number of aryl methyl sites for hydroxylation is 3. The first-order valence-electron chi connectivity index (χ1n) is 6.83. The summed E-state index contributed by atoms with van der Waals surface area (Å²) < 4.78 is 13.0. The first-order valence-corrected chi connectivity index (χ1v) is 8.14. The van der Waals surface area contributed by atoms with Crippen molar-refractivity contribution in [3.05, 3.63) is 42.0 Å². The molecule has 0 aliphatic rings. The molecule has 3 heterocycles. The Balaban J connectivity index is 2.28. The Hall–Kier alpha value is -1.39. The van der Waals surface area contributed by atoms with E-state index in [1.54, 1.807) is 0 Å². The molecule has 0 fully saturated rings. The van der Waals surface area contributed by atoms with E-state index in [1.165, 1.54) is 0 Å². The van der Waals surface area contributed by atoms with Crippen molar-refractivity contribution >= 4 is 44.6 Å². The summed E-state index contributed by atoms with van der Waals surface area (Å²) in [6.07, 6.45) is 12.0. The summed E-state index contributed by atoms with van der Waals surface area (Å²) in [6.45, 7) is 0. The number of hydrogen-bond donors (Lipinski definition) is 2. The van der Waals surface area contributed by atoms with E-state index in [2.05, 4.69) is 38.7 Å². The molecule has 0 aliphatic heterocycles. The highest BCUT2D eigenvalue weighted by atomic mass is 32.1. The number of thiol groups is 2. The maximum atomic E-state index is 5.56. The predicted molar refractivity (Wildman–Crippen MR) is 93.3 cm³/mol. The molecule has 0 bridgehead atoms. The van der Waals surface area contributed by atoms with Crippen LogP contribution < -0.4 is 8.96 Å². The van der Waals surface area contributed by atoms with Crippen molar-refractivity contribution in [3.63, 3.8) is 0 Å². The third-order valence-corrected chi connectivity index (χ3v) is 5.68. The summed E-state index contributed by atoms with van der Waals surface area (Å²) in [5, 5.41) is 1.71. The maximum absolute atomic E-state index is 5.56. The molecule has 3 rings (SSSR count). The minimum Gasteiger partial charge on any atom is -0.420 e. The largest absolute Gasteiger partial charge is 0.478 e. The van der Waals surface area contributed by atoms with Gasteiger partial charge < -0.3 is 18.0 Å². The van der Waals surface area contributed by atoms with Crippen LogP contribution in [0, 0.1) is 4.77 Å². The van der Waals surface area contributed by atoms with Gasteiger partial charge in [-0.05, 0) is 18.4 Å². The van der Waals surface area contributed by atoms with Crippen molar-refractivity contribution < 1.29 is 8.96 Å². The lowest BCUT2D eigenvalue weighted by atomic mass is 9.92. The van der Waals surface area contributed by atoms with Crippen molar-refractivity contribution in [1.82, 2.24) is 18.2 Å². The molecule has 0 aliphatic carbocycles. The Morgan fingerprint density at radius 3 is 1.68 bits per heavy atom. The van der Waals surface area contributed by atoms with Gasteiger partial charge in [-0.3, -0.25) is 0 Å². The first kappa shape index (κ1) is 15.5. The van der Waals surface area contributed by atoms with E-state index in [0.29, 0.717) is 0 Å². The van der Waals surface area contributed by atoms with Gasteiger partial charge in [0.2, 0.25) is 0 Å². The summed E-state index contributed by atoms with van der Waals surface area (Å²) in [5.74, 6) is 0. The van der Waals surface area contributed by atoms with Crippen molar-refractivity contribution in [2.24, 2.45) is 21.1 Å². The van der Waals surface area contributed by atoms with Crippen LogP contribution in [0.3, 0.4) is 0 Å². The summed E-state index contributed by atoms with van der Waals surface area (Å²) in [7, 11) is 4.64. The minimum absolute atomic E-state index is 0.758. The summed E-state index contributed by atoms with van der Waals surface area (Å²) in [5.41, 5.74) is 0. The van der Waals surface area contributed by atoms with E-state index < -0.39 is 7.12 Å². The Morgan fingerprint density at radius 1 is 0.864 bits per heavy atom. The quantitative estimate of drug-likeness (QED) is 0.389. The van der Waals surface area contributed by atoms with Gasteiger partial charge in [-0.15, -0.1) is 0 Å². The fourth-order valence-electron chi connectivity index (χ4n) is 2.69. The van der Waals surface area contributed by atoms with Gasteiger partial charge in [0.1, 0.15) is 17.2 Å². The molecule has 22 heavy (non-hydrogen) atoms. The molecule has 0 saturated heterocycles. The number of rotatable bonds is 3. The van der Waals surface area contributed by atoms with E-state index in [0.717, 1.165) is 15.1 Å². The first-order chi connectivity index (χ1) is 10.4. The predicted octanol–water partition coefficient (Wildman–Crippen LogP) is 0.0474. The lowest BCUT2D eigenvalue weighted by Gasteiger charge is -2.21. The van der Waals surface area contributed by atoms with Crippen molar-refractivity contribution in [3.8, 4) is 0 Å². The molecule has 0 radical (unpaired) electrons. The van der Waals surface area contributed by atoms with Crippen LogP contribution in [-0.4, -0.2) is 25.3 Å². The number of nitrogens with zero attached hydrogens (tertiary/aromatic N) is 6. The second-order valence-corrected chi connectivity index (χ2v) is 6.61. The molecular weight excluding hydrogens is 335 g/mol. The molecule has 0 saturated carbocycles. The molecule has 0 atom stereocenters. The highest BCUT2D eigenvalue weighted by molar-refractivity contribution is 7.80. The molecule has 3 aromatic heterocycles. The summed E-state index contributed by atoms with van der Waals surface area (Å²) in [4.78, 5) is 0. The lowest BCUT2D eigenvalue weighted by molar-refractivity contribution is -0.716. The zero-order valence-corrected chi connectivity index (χ0v) is 15.3. The van der Waals surface area contributed by atoms with Crippen molar-refractivity contribution in [2.45, 2.75) is 10.3 Å². The maximum Gasteiger partial charge on any atom is 0.478 e. The Kier molecular flexibility index (Phi) is 4.00. The van der Waals surface area contributed by atoms with E-state index >= 15 is 0 Å². The highest BCUT2D eigenvalue weighted by Crippen LogP contribution is 2.04. The summed E-state index contributed by atoms with van der Waals surface area (Å²) >= 11 is 14.8. The summed E-state index contributed by atoms with van der Waals surface area (Å²) in [6, 6.07) is 0. The van der Waals surface area contributed by atoms with Gasteiger partial charge in [0.05, 0.1) is 26.5 Å². The fraction of sp³-hybridized carbons (Fsp3) is 0.250. The number of aromatic nitrogens is 6. The molecule has 6 nitrogen and oxygen atoms in total. The van der Waals surface area contributed by atoms with Gasteiger partial charge in [-0.1, -0.05) is 25.3 Å². The molecule has 0 unspecified atom stereocenters. The Morgan fingerprint density at radius 2 is 1.36 bits per heavy atom. The van der Waals surface area contributed by atoms with E-state index in [1.807, 2.05) is 72.0 Å². The molecule has 0 aromatic carbocycles. The molecule has 3 aromatic rings. The zero-order valence-electron chi connectivity index (χ0n) is 12.7. The highest BCUT2D eigenvalue weighted by Gasteiger charge is 2.28. The van der Waals surface area contributed by atoms with Crippen LogP contribution in [0.5, 0.6) is 0 Å². The smallest absolute Gasteiger partial charge is 0.420 e. The van der Waals surface area contributed by atoms with E-state index in [4.69, 9.17) is 12.2 Å². The van der Waals surface area contributed by atoms with Gasteiger partial charge in [-0.2, -0.15) is 0 Å². The van der Waals surface area contributed by atoms with Gasteiger partial charge in [0.15, 0.2) is 0 Å². The topological polar surface area (TPSA) is 27.5 Å². The normalized spacial score (nSPS) is 11.5. The van der Waals surface area contributed by atoms with Crippen LogP contribution in [0.2, 0.25) is 0 Å². The third kappa shape index (κ3) is 2.35. The van der Waals surface area contributed by atoms with Crippen molar-refractivity contribution in [1.29, 1.82) is 0 Å². The SMILES string of the molecule is Cn1cc[n+]([BH-](n2ccn(C)c2=S)[n+]2ccn(C)c2S)c1S. The van der Waals surface area contributed by atoms with Gasteiger partial charge in [-0.25, -0.2) is 9.13 Å². The standard InChI is InChI=1S/C12H17BN6S3/c1-14-4-7-17(10(14)20)13(18-8-5-15(2)11(18)21)19-9-6-16(3)12(19)22/h4-9,13H,1-3H3,(H-,20,21)/p+1.